The molecule has 0 amide bonds. The van der Waals surface area contributed by atoms with Crippen molar-refractivity contribution in [1.82, 2.24) is 15.5 Å². The lowest BCUT2D eigenvalue weighted by Crippen LogP contribution is -2.27. The molecule has 0 spiro atoms. The zero-order chi connectivity index (χ0) is 13.8. The maximum atomic E-state index is 5.36. The summed E-state index contributed by atoms with van der Waals surface area (Å²) >= 11 is 3.46. The molecule has 0 bridgehead atoms. The Hall–Kier alpha value is -1.20. The Bertz CT molecular complexity index is 564. The SMILES string of the molecule is Brc1cccc(-c2noc(CCC3CCNCC3)n2)c1. The monoisotopic (exact) mass is 335 g/mol. The van der Waals surface area contributed by atoms with Crippen LogP contribution in [0.5, 0.6) is 0 Å². The normalized spacial score (nSPS) is 16.4. The molecule has 2 heterocycles. The Kier molecular flexibility index (Phi) is 4.47. The average Bonchev–Trinajstić information content (AvgIpc) is 2.95. The molecule has 106 valence electrons. The summed E-state index contributed by atoms with van der Waals surface area (Å²) in [5.74, 6) is 2.21. The van der Waals surface area contributed by atoms with E-state index in [4.69, 9.17) is 4.52 Å². The third kappa shape index (κ3) is 3.46. The summed E-state index contributed by atoms with van der Waals surface area (Å²) in [7, 11) is 0. The third-order valence-electron chi connectivity index (χ3n) is 3.78. The highest BCUT2D eigenvalue weighted by molar-refractivity contribution is 9.10. The van der Waals surface area contributed by atoms with Gasteiger partial charge in [-0.05, 0) is 50.4 Å². The lowest BCUT2D eigenvalue weighted by molar-refractivity contribution is 0.324. The van der Waals surface area contributed by atoms with Crippen LogP contribution in [-0.4, -0.2) is 23.2 Å². The lowest BCUT2D eigenvalue weighted by atomic mass is 9.93. The summed E-state index contributed by atoms with van der Waals surface area (Å²) in [6.45, 7) is 2.27. The van der Waals surface area contributed by atoms with Crippen LogP contribution in [0.1, 0.15) is 25.2 Å². The molecule has 4 nitrogen and oxygen atoms in total. The average molecular weight is 336 g/mol. The largest absolute Gasteiger partial charge is 0.339 e. The second kappa shape index (κ2) is 6.50. The molecule has 0 aliphatic carbocycles. The molecule has 1 aliphatic heterocycles. The first-order valence-electron chi connectivity index (χ1n) is 7.10. The number of aromatic nitrogens is 2. The van der Waals surface area contributed by atoms with E-state index in [0.29, 0.717) is 5.82 Å². The fourth-order valence-electron chi connectivity index (χ4n) is 2.60. The number of nitrogens with one attached hydrogen (secondary N) is 1. The Morgan fingerprint density at radius 3 is 2.95 bits per heavy atom. The highest BCUT2D eigenvalue weighted by atomic mass is 79.9. The van der Waals surface area contributed by atoms with Crippen molar-refractivity contribution in [3.05, 3.63) is 34.6 Å². The van der Waals surface area contributed by atoms with Crippen molar-refractivity contribution in [3.63, 3.8) is 0 Å². The topological polar surface area (TPSA) is 51.0 Å². The highest BCUT2D eigenvalue weighted by Gasteiger charge is 2.15. The van der Waals surface area contributed by atoms with Crippen molar-refractivity contribution >= 4 is 15.9 Å². The van der Waals surface area contributed by atoms with Gasteiger partial charge in [-0.3, -0.25) is 0 Å². The van der Waals surface area contributed by atoms with Crippen LogP contribution in [0.25, 0.3) is 11.4 Å². The zero-order valence-electron chi connectivity index (χ0n) is 11.3. The van der Waals surface area contributed by atoms with Gasteiger partial charge in [0.05, 0.1) is 0 Å². The summed E-state index contributed by atoms with van der Waals surface area (Å²) in [4.78, 5) is 4.49. The minimum atomic E-state index is 0.673. The van der Waals surface area contributed by atoms with Crippen LogP contribution in [-0.2, 0) is 6.42 Å². The minimum Gasteiger partial charge on any atom is -0.339 e. The van der Waals surface area contributed by atoms with Crippen LogP contribution < -0.4 is 5.32 Å². The van der Waals surface area contributed by atoms with Gasteiger partial charge in [-0.2, -0.15) is 4.98 Å². The summed E-state index contributed by atoms with van der Waals surface area (Å²) in [5.41, 5.74) is 0.983. The summed E-state index contributed by atoms with van der Waals surface area (Å²) < 4.78 is 6.38. The van der Waals surface area contributed by atoms with Gasteiger partial charge in [0.25, 0.3) is 0 Å². The van der Waals surface area contributed by atoms with Crippen molar-refractivity contribution < 1.29 is 4.52 Å². The zero-order valence-corrected chi connectivity index (χ0v) is 12.9. The molecule has 1 aromatic carbocycles. The summed E-state index contributed by atoms with van der Waals surface area (Å²) in [6.07, 6.45) is 4.53. The second-order valence-corrected chi connectivity index (χ2v) is 6.17. The quantitative estimate of drug-likeness (QED) is 0.929. The predicted molar refractivity (Wildman–Crippen MR) is 81.3 cm³/mol. The van der Waals surface area contributed by atoms with Gasteiger partial charge in [0.15, 0.2) is 0 Å². The molecule has 0 saturated carbocycles. The Labute approximate surface area is 127 Å². The standard InChI is InChI=1S/C15H18BrN3O/c16-13-3-1-2-12(10-13)15-18-14(20-19-15)5-4-11-6-8-17-9-7-11/h1-3,10-11,17H,4-9H2. The van der Waals surface area contributed by atoms with E-state index in [1.165, 1.54) is 12.8 Å². The summed E-state index contributed by atoms with van der Waals surface area (Å²) in [6, 6.07) is 7.96. The van der Waals surface area contributed by atoms with Crippen LogP contribution in [0.2, 0.25) is 0 Å². The van der Waals surface area contributed by atoms with Gasteiger partial charge in [-0.1, -0.05) is 33.2 Å². The second-order valence-electron chi connectivity index (χ2n) is 5.25. The molecule has 1 fully saturated rings. The van der Waals surface area contributed by atoms with Crippen LogP contribution in [0.3, 0.4) is 0 Å². The van der Waals surface area contributed by atoms with E-state index >= 15 is 0 Å². The number of hydrogen-bond donors (Lipinski definition) is 1. The predicted octanol–water partition coefficient (Wildman–Crippen LogP) is 3.43. The van der Waals surface area contributed by atoms with Crippen molar-refractivity contribution in [3.8, 4) is 11.4 Å². The fourth-order valence-corrected chi connectivity index (χ4v) is 3.00. The smallest absolute Gasteiger partial charge is 0.226 e. The number of halogens is 1. The molecular weight excluding hydrogens is 318 g/mol. The van der Waals surface area contributed by atoms with E-state index in [9.17, 15) is 0 Å². The maximum absolute atomic E-state index is 5.36. The van der Waals surface area contributed by atoms with E-state index in [1.54, 1.807) is 0 Å². The molecule has 1 aliphatic rings. The first-order chi connectivity index (χ1) is 9.81. The van der Waals surface area contributed by atoms with Crippen LogP contribution in [0.4, 0.5) is 0 Å². The molecular formula is C15H18BrN3O. The molecule has 1 saturated heterocycles. The van der Waals surface area contributed by atoms with Crippen molar-refractivity contribution in [2.75, 3.05) is 13.1 Å². The van der Waals surface area contributed by atoms with Crippen LogP contribution in [0, 0.1) is 5.92 Å². The molecule has 0 atom stereocenters. The van der Waals surface area contributed by atoms with Gasteiger partial charge < -0.3 is 9.84 Å². The minimum absolute atomic E-state index is 0.673. The van der Waals surface area contributed by atoms with E-state index in [2.05, 4.69) is 31.4 Å². The molecule has 1 aromatic heterocycles. The molecule has 5 heteroatoms. The van der Waals surface area contributed by atoms with E-state index < -0.39 is 0 Å². The molecule has 1 N–H and O–H groups in total. The van der Waals surface area contributed by atoms with Crippen LogP contribution in [0.15, 0.2) is 33.3 Å². The van der Waals surface area contributed by atoms with E-state index in [1.807, 2.05) is 24.3 Å². The van der Waals surface area contributed by atoms with Crippen LogP contribution >= 0.6 is 15.9 Å². The number of aryl methyl sites for hydroxylation is 1. The maximum Gasteiger partial charge on any atom is 0.226 e. The third-order valence-corrected chi connectivity index (χ3v) is 4.27. The fraction of sp³-hybridized carbons (Fsp3) is 0.467. The van der Waals surface area contributed by atoms with Gasteiger partial charge in [0, 0.05) is 16.5 Å². The first kappa shape index (κ1) is 13.8. The van der Waals surface area contributed by atoms with Gasteiger partial charge >= 0.3 is 0 Å². The number of hydrogen-bond acceptors (Lipinski definition) is 4. The molecule has 0 unspecified atom stereocenters. The van der Waals surface area contributed by atoms with Crippen molar-refractivity contribution in [1.29, 1.82) is 0 Å². The molecule has 3 rings (SSSR count). The molecule has 0 radical (unpaired) electrons. The Morgan fingerprint density at radius 1 is 1.30 bits per heavy atom. The van der Waals surface area contributed by atoms with Gasteiger partial charge in [0.1, 0.15) is 0 Å². The summed E-state index contributed by atoms with van der Waals surface area (Å²) in [5, 5.41) is 7.46. The van der Waals surface area contributed by atoms with E-state index in [-0.39, 0.29) is 0 Å². The number of nitrogens with zero attached hydrogens (tertiary/aromatic N) is 2. The van der Waals surface area contributed by atoms with Gasteiger partial charge in [-0.25, -0.2) is 0 Å². The number of piperidine rings is 1. The van der Waals surface area contributed by atoms with Gasteiger partial charge in [-0.15, -0.1) is 0 Å². The molecule has 2 aromatic rings. The van der Waals surface area contributed by atoms with E-state index in [0.717, 1.165) is 47.8 Å². The first-order valence-corrected chi connectivity index (χ1v) is 7.90. The number of benzene rings is 1. The highest BCUT2D eigenvalue weighted by Crippen LogP contribution is 2.22. The lowest BCUT2D eigenvalue weighted by Gasteiger charge is -2.21. The van der Waals surface area contributed by atoms with Crippen molar-refractivity contribution in [2.24, 2.45) is 5.92 Å². The Morgan fingerprint density at radius 2 is 2.15 bits per heavy atom. The molecule has 20 heavy (non-hydrogen) atoms. The van der Waals surface area contributed by atoms with Gasteiger partial charge in [0.2, 0.25) is 11.7 Å². The number of rotatable bonds is 4. The van der Waals surface area contributed by atoms with Crippen molar-refractivity contribution in [2.45, 2.75) is 25.7 Å². The Balaban J connectivity index is 1.61.